The van der Waals surface area contributed by atoms with Crippen LogP contribution in [0.25, 0.3) is 0 Å². The van der Waals surface area contributed by atoms with Gasteiger partial charge in [0.1, 0.15) is 18.2 Å². The predicted molar refractivity (Wildman–Crippen MR) is 84.6 cm³/mol. The molecule has 5 nitrogen and oxygen atoms in total. The Labute approximate surface area is 136 Å². The van der Waals surface area contributed by atoms with E-state index >= 15 is 0 Å². The number of amides is 1. The van der Waals surface area contributed by atoms with Gasteiger partial charge >= 0.3 is 12.1 Å². The molecule has 1 heterocycles. The van der Waals surface area contributed by atoms with Crippen LogP contribution in [0.3, 0.4) is 0 Å². The number of nitrogens with zero attached hydrogens (tertiary/aromatic N) is 1. The van der Waals surface area contributed by atoms with Crippen molar-refractivity contribution in [3.63, 3.8) is 0 Å². The molecule has 1 aliphatic heterocycles. The number of carbonyl (C=O) groups excluding carboxylic acids is 2. The minimum Gasteiger partial charge on any atom is -0.459 e. The molecule has 3 rings (SSSR count). The lowest BCUT2D eigenvalue weighted by molar-refractivity contribution is -0.150. The molecule has 0 spiro atoms. The van der Waals surface area contributed by atoms with Gasteiger partial charge in [-0.2, -0.15) is 0 Å². The molecule has 0 radical (unpaired) electrons. The fraction of sp³-hybridized carbons (Fsp3) is 0.556. The minimum atomic E-state index is -0.567. The van der Waals surface area contributed by atoms with Crippen LogP contribution in [0.4, 0.5) is 4.79 Å². The van der Waals surface area contributed by atoms with Gasteiger partial charge < -0.3 is 9.47 Å². The first-order chi connectivity index (χ1) is 10.8. The minimum absolute atomic E-state index is 0.138. The zero-order chi connectivity index (χ0) is 16.6. The molecule has 3 atom stereocenters. The van der Waals surface area contributed by atoms with Crippen LogP contribution in [0.5, 0.6) is 0 Å². The predicted octanol–water partition coefficient (Wildman–Crippen LogP) is 3.13. The van der Waals surface area contributed by atoms with Gasteiger partial charge in [-0.05, 0) is 45.1 Å². The van der Waals surface area contributed by atoms with Crippen LogP contribution < -0.4 is 0 Å². The number of likely N-dealkylation sites (tertiary alicyclic amines) is 1. The molecular weight excluding hydrogens is 294 g/mol. The van der Waals surface area contributed by atoms with E-state index in [0.29, 0.717) is 12.3 Å². The van der Waals surface area contributed by atoms with Crippen molar-refractivity contribution in [1.82, 2.24) is 4.90 Å². The molecule has 2 aliphatic rings. The average molecular weight is 317 g/mol. The van der Waals surface area contributed by atoms with Gasteiger partial charge in [-0.25, -0.2) is 9.59 Å². The van der Waals surface area contributed by atoms with Crippen LogP contribution in [-0.4, -0.2) is 34.6 Å². The highest BCUT2D eigenvalue weighted by Gasteiger charge is 2.57. The molecule has 0 N–H and O–H groups in total. The average Bonchev–Trinajstić information content (AvgIpc) is 3.14. The molecule has 1 saturated carbocycles. The molecule has 124 valence electrons. The second-order valence-electron chi connectivity index (χ2n) is 7.30. The van der Waals surface area contributed by atoms with E-state index in [4.69, 9.17) is 9.47 Å². The molecule has 1 saturated heterocycles. The lowest BCUT2D eigenvalue weighted by atomic mass is 10.1. The summed E-state index contributed by atoms with van der Waals surface area (Å²) in [7, 11) is 0. The highest BCUT2D eigenvalue weighted by molar-refractivity contribution is 5.83. The van der Waals surface area contributed by atoms with Crippen molar-refractivity contribution < 1.29 is 19.1 Å². The maximum atomic E-state index is 12.4. The Kier molecular flexibility index (Phi) is 4.04. The number of ether oxygens (including phenoxy) is 2. The Morgan fingerprint density at radius 1 is 1.17 bits per heavy atom. The fourth-order valence-corrected chi connectivity index (χ4v) is 3.07. The number of carbonyl (C=O) groups is 2. The van der Waals surface area contributed by atoms with Crippen LogP contribution in [0.2, 0.25) is 0 Å². The van der Waals surface area contributed by atoms with Gasteiger partial charge in [-0.15, -0.1) is 0 Å². The van der Waals surface area contributed by atoms with E-state index in [1.54, 1.807) is 4.90 Å². The Hall–Kier alpha value is -2.04. The Morgan fingerprint density at radius 3 is 2.52 bits per heavy atom. The fourth-order valence-electron chi connectivity index (χ4n) is 3.07. The quantitative estimate of drug-likeness (QED) is 0.804. The van der Waals surface area contributed by atoms with E-state index in [-0.39, 0.29) is 18.6 Å². The van der Waals surface area contributed by atoms with Gasteiger partial charge in [0.2, 0.25) is 0 Å². The van der Waals surface area contributed by atoms with Crippen molar-refractivity contribution in [3.8, 4) is 0 Å². The highest BCUT2D eigenvalue weighted by Crippen LogP contribution is 2.48. The summed E-state index contributed by atoms with van der Waals surface area (Å²) in [6, 6.07) is 9.16. The number of esters is 1. The topological polar surface area (TPSA) is 55.8 Å². The van der Waals surface area contributed by atoms with E-state index in [9.17, 15) is 9.59 Å². The highest BCUT2D eigenvalue weighted by atomic mass is 16.6. The number of hydrogen-bond acceptors (Lipinski definition) is 4. The van der Waals surface area contributed by atoms with Crippen molar-refractivity contribution in [3.05, 3.63) is 35.9 Å². The number of piperidine rings is 1. The Morgan fingerprint density at radius 2 is 1.87 bits per heavy atom. The Balaban J connectivity index is 1.62. The number of fused-ring (bicyclic) bond motifs is 1. The molecule has 1 aromatic carbocycles. The summed E-state index contributed by atoms with van der Waals surface area (Å²) in [5, 5.41) is 0. The summed E-state index contributed by atoms with van der Waals surface area (Å²) in [5.74, 6) is 0.0729. The number of hydrogen-bond donors (Lipinski definition) is 0. The molecule has 1 amide bonds. The smallest absolute Gasteiger partial charge is 0.411 e. The van der Waals surface area contributed by atoms with Gasteiger partial charge in [0.05, 0.1) is 0 Å². The third-order valence-electron chi connectivity index (χ3n) is 4.20. The second kappa shape index (κ2) is 5.87. The number of benzene rings is 1. The molecule has 2 fully saturated rings. The van der Waals surface area contributed by atoms with Crippen molar-refractivity contribution in [2.45, 2.75) is 57.9 Å². The lowest BCUT2D eigenvalue weighted by Gasteiger charge is -2.29. The number of rotatable bonds is 3. The van der Waals surface area contributed by atoms with E-state index in [1.807, 2.05) is 51.1 Å². The first-order valence-corrected chi connectivity index (χ1v) is 8.07. The van der Waals surface area contributed by atoms with E-state index in [2.05, 4.69) is 0 Å². The molecule has 0 aromatic heterocycles. The van der Waals surface area contributed by atoms with Gasteiger partial charge in [-0.1, -0.05) is 30.3 Å². The van der Waals surface area contributed by atoms with Crippen LogP contribution >= 0.6 is 0 Å². The summed E-state index contributed by atoms with van der Waals surface area (Å²) in [5.41, 5.74) is 0.371. The van der Waals surface area contributed by atoms with Crippen molar-refractivity contribution in [2.24, 2.45) is 5.92 Å². The third kappa shape index (κ3) is 3.66. The summed E-state index contributed by atoms with van der Waals surface area (Å²) in [6.45, 7) is 5.71. The molecule has 3 unspecified atom stereocenters. The molecule has 1 aliphatic carbocycles. The van der Waals surface area contributed by atoms with Crippen LogP contribution in [0.15, 0.2) is 30.3 Å². The van der Waals surface area contributed by atoms with Gasteiger partial charge in [-0.3, -0.25) is 4.90 Å². The van der Waals surface area contributed by atoms with E-state index < -0.39 is 17.7 Å². The first-order valence-electron chi connectivity index (χ1n) is 8.07. The van der Waals surface area contributed by atoms with E-state index in [1.165, 1.54) is 0 Å². The zero-order valence-corrected chi connectivity index (χ0v) is 13.8. The normalized spacial score (nSPS) is 25.7. The summed E-state index contributed by atoms with van der Waals surface area (Å²) in [4.78, 5) is 26.4. The molecular formula is C18H23NO4. The van der Waals surface area contributed by atoms with Crippen molar-refractivity contribution >= 4 is 12.1 Å². The van der Waals surface area contributed by atoms with Gasteiger partial charge in [0, 0.05) is 6.04 Å². The maximum Gasteiger partial charge on any atom is 0.411 e. The molecule has 23 heavy (non-hydrogen) atoms. The summed E-state index contributed by atoms with van der Waals surface area (Å²) >= 11 is 0. The summed E-state index contributed by atoms with van der Waals surface area (Å²) < 4.78 is 10.8. The SMILES string of the molecule is CC(C)(C)OC(=O)N1C(C(=O)OCc2ccccc2)CC2CC21. The van der Waals surface area contributed by atoms with E-state index in [0.717, 1.165) is 12.0 Å². The summed E-state index contributed by atoms with van der Waals surface area (Å²) in [6.07, 6.45) is 1.23. The third-order valence-corrected chi connectivity index (χ3v) is 4.20. The van der Waals surface area contributed by atoms with Crippen LogP contribution in [-0.2, 0) is 20.9 Å². The molecule has 1 aromatic rings. The Bertz CT molecular complexity index is 593. The lowest BCUT2D eigenvalue weighted by Crippen LogP contribution is -2.46. The standard InChI is InChI=1S/C18H23NO4/c1-18(2,3)23-17(21)19-14-9-13(14)10-15(19)16(20)22-11-12-7-5-4-6-8-12/h4-8,13-15H,9-11H2,1-3H3. The van der Waals surface area contributed by atoms with Gasteiger partial charge in [0.25, 0.3) is 0 Å². The zero-order valence-electron chi connectivity index (χ0n) is 13.8. The second-order valence-corrected chi connectivity index (χ2v) is 7.30. The van der Waals surface area contributed by atoms with Gasteiger partial charge in [0.15, 0.2) is 0 Å². The van der Waals surface area contributed by atoms with Crippen LogP contribution in [0, 0.1) is 5.92 Å². The van der Waals surface area contributed by atoms with Crippen molar-refractivity contribution in [2.75, 3.05) is 0 Å². The largest absolute Gasteiger partial charge is 0.459 e. The first kappa shape index (κ1) is 15.8. The van der Waals surface area contributed by atoms with Crippen LogP contribution in [0.1, 0.15) is 39.2 Å². The monoisotopic (exact) mass is 317 g/mol. The molecule has 5 heteroatoms. The molecule has 0 bridgehead atoms. The van der Waals surface area contributed by atoms with Crippen molar-refractivity contribution in [1.29, 1.82) is 0 Å². The maximum absolute atomic E-state index is 12.4.